The van der Waals surface area contributed by atoms with Gasteiger partial charge in [-0.2, -0.15) is 13.2 Å². The lowest BCUT2D eigenvalue weighted by molar-refractivity contribution is -0.137. The Morgan fingerprint density at radius 3 is 2.43 bits per heavy atom. The number of aliphatic hydroxyl groups is 1. The van der Waals surface area contributed by atoms with Gasteiger partial charge in [0, 0.05) is 43.8 Å². The number of amides is 1. The Morgan fingerprint density at radius 2 is 1.76 bits per heavy atom. The molecule has 0 radical (unpaired) electrons. The Morgan fingerprint density at radius 1 is 1.04 bits per heavy atom. The van der Waals surface area contributed by atoms with E-state index in [-0.39, 0.29) is 18.7 Å². The number of nitrogens with one attached hydrogen (secondary N) is 2. The summed E-state index contributed by atoms with van der Waals surface area (Å²) in [5, 5.41) is 18.1. The number of sulfonamides is 1. The Balaban J connectivity index is 1.26. The average molecular weight is 655 g/mol. The van der Waals surface area contributed by atoms with Crippen molar-refractivity contribution in [1.29, 1.82) is 0 Å². The number of aryl methyl sites for hydroxylation is 1. The molecule has 2 heterocycles. The van der Waals surface area contributed by atoms with Crippen molar-refractivity contribution in [3.05, 3.63) is 101 Å². The molecule has 0 saturated heterocycles. The Bertz CT molecular complexity index is 1870. The molecular formula is C34H37F3N4O4S. The van der Waals surface area contributed by atoms with Crippen LogP contribution in [0.2, 0.25) is 0 Å². The van der Waals surface area contributed by atoms with Crippen LogP contribution in [0.25, 0.3) is 10.9 Å². The summed E-state index contributed by atoms with van der Waals surface area (Å²) in [6, 6.07) is 16.9. The first kappa shape index (κ1) is 32.1. The fourth-order valence-corrected chi connectivity index (χ4v) is 8.30. The summed E-state index contributed by atoms with van der Waals surface area (Å²) >= 11 is 0. The SMILES string of the molecule is CCc1cn2c3c(cc(C(=O)N[C@@H](Cc4ccccc4)[C@H](O)CNCc4cccc(C(F)(F)F)c4)cc13)N(C)S(=O)(=O)C1(CC1)C2. The van der Waals surface area contributed by atoms with E-state index in [1.54, 1.807) is 18.2 Å². The smallest absolute Gasteiger partial charge is 0.390 e. The molecule has 46 heavy (non-hydrogen) atoms. The van der Waals surface area contributed by atoms with Crippen LogP contribution in [0.3, 0.4) is 0 Å². The molecule has 2 atom stereocenters. The second-order valence-corrected chi connectivity index (χ2v) is 14.7. The molecule has 12 heteroatoms. The highest BCUT2D eigenvalue weighted by atomic mass is 32.2. The summed E-state index contributed by atoms with van der Waals surface area (Å²) in [6.07, 6.45) is -1.40. The second kappa shape index (κ2) is 12.1. The minimum Gasteiger partial charge on any atom is -0.390 e. The third kappa shape index (κ3) is 6.01. The van der Waals surface area contributed by atoms with Gasteiger partial charge in [-0.05, 0) is 60.6 Å². The molecule has 1 aromatic heterocycles. The molecule has 1 aliphatic carbocycles. The van der Waals surface area contributed by atoms with Gasteiger partial charge in [0.05, 0.1) is 28.9 Å². The fourth-order valence-electron chi connectivity index (χ4n) is 6.40. The molecular weight excluding hydrogens is 617 g/mol. The molecule has 2 aliphatic rings. The average Bonchev–Trinajstić information content (AvgIpc) is 3.75. The van der Waals surface area contributed by atoms with Crippen molar-refractivity contribution in [3.8, 4) is 0 Å². The summed E-state index contributed by atoms with van der Waals surface area (Å²) in [4.78, 5) is 13.9. The van der Waals surface area contributed by atoms with Crippen LogP contribution < -0.4 is 14.9 Å². The van der Waals surface area contributed by atoms with E-state index >= 15 is 0 Å². The predicted octanol–water partition coefficient (Wildman–Crippen LogP) is 5.03. The van der Waals surface area contributed by atoms with Gasteiger partial charge in [0.2, 0.25) is 10.0 Å². The monoisotopic (exact) mass is 654 g/mol. The number of aliphatic hydroxyl groups excluding tert-OH is 1. The van der Waals surface area contributed by atoms with Gasteiger partial charge in [-0.3, -0.25) is 9.10 Å². The van der Waals surface area contributed by atoms with Crippen LogP contribution in [0.4, 0.5) is 18.9 Å². The molecule has 0 unspecified atom stereocenters. The van der Waals surface area contributed by atoms with Crippen LogP contribution in [0.1, 0.15) is 52.4 Å². The number of rotatable bonds is 10. The van der Waals surface area contributed by atoms with Crippen molar-refractivity contribution >= 4 is 32.5 Å². The maximum atomic E-state index is 13.9. The van der Waals surface area contributed by atoms with Gasteiger partial charge in [0.1, 0.15) is 4.75 Å². The van der Waals surface area contributed by atoms with Crippen LogP contribution in [-0.2, 0) is 42.1 Å². The number of hydrogen-bond acceptors (Lipinski definition) is 5. The highest BCUT2D eigenvalue weighted by Crippen LogP contribution is 2.51. The minimum atomic E-state index is -4.46. The molecule has 3 aromatic carbocycles. The zero-order valence-corrected chi connectivity index (χ0v) is 26.5. The quantitative estimate of drug-likeness (QED) is 0.223. The lowest BCUT2D eigenvalue weighted by atomic mass is 9.99. The highest BCUT2D eigenvalue weighted by molar-refractivity contribution is 7.94. The Labute approximate surface area is 266 Å². The van der Waals surface area contributed by atoms with Crippen molar-refractivity contribution in [1.82, 2.24) is 15.2 Å². The number of carbonyl (C=O) groups excluding carboxylic acids is 1. The Hall–Kier alpha value is -3.87. The van der Waals surface area contributed by atoms with Gasteiger partial charge in [0.25, 0.3) is 5.91 Å². The van der Waals surface area contributed by atoms with E-state index in [9.17, 15) is 31.5 Å². The van der Waals surface area contributed by atoms with E-state index in [2.05, 4.69) is 10.6 Å². The van der Waals surface area contributed by atoms with Crippen molar-refractivity contribution in [2.75, 3.05) is 17.9 Å². The van der Waals surface area contributed by atoms with Crippen LogP contribution in [0, 0.1) is 0 Å². The number of benzene rings is 3. The summed E-state index contributed by atoms with van der Waals surface area (Å²) in [5.74, 6) is -0.470. The molecule has 1 aliphatic heterocycles. The van der Waals surface area contributed by atoms with Gasteiger partial charge in [-0.25, -0.2) is 8.42 Å². The maximum absolute atomic E-state index is 13.9. The number of carbonyl (C=O) groups is 1. The van der Waals surface area contributed by atoms with Crippen LogP contribution in [0.15, 0.2) is 72.9 Å². The second-order valence-electron chi connectivity index (χ2n) is 12.3. The molecule has 1 amide bonds. The molecule has 244 valence electrons. The third-order valence-corrected chi connectivity index (χ3v) is 11.8. The van der Waals surface area contributed by atoms with Gasteiger partial charge in [-0.15, -0.1) is 0 Å². The number of nitrogens with zero attached hydrogens (tertiary/aromatic N) is 2. The third-order valence-electron chi connectivity index (χ3n) is 9.21. The number of halogens is 3. The molecule has 4 aromatic rings. The summed E-state index contributed by atoms with van der Waals surface area (Å²) in [5.41, 5.74) is 3.03. The van der Waals surface area contributed by atoms with Crippen LogP contribution >= 0.6 is 0 Å². The van der Waals surface area contributed by atoms with Crippen LogP contribution in [-0.4, -0.2) is 54.5 Å². The Kier molecular flexibility index (Phi) is 8.41. The van der Waals surface area contributed by atoms with Crippen LogP contribution in [0.5, 0.6) is 0 Å². The van der Waals surface area contributed by atoms with Gasteiger partial charge in [-0.1, -0.05) is 55.5 Å². The summed E-state index contributed by atoms with van der Waals surface area (Å²) in [6.45, 7) is 2.48. The van der Waals surface area contributed by atoms with Gasteiger partial charge < -0.3 is 20.3 Å². The van der Waals surface area contributed by atoms with Crippen molar-refractivity contribution in [2.45, 2.75) is 68.8 Å². The molecule has 1 fully saturated rings. The number of anilines is 1. The molecule has 1 saturated carbocycles. The zero-order chi connectivity index (χ0) is 32.9. The number of alkyl halides is 3. The number of hydrogen-bond donors (Lipinski definition) is 3. The van der Waals surface area contributed by atoms with E-state index in [0.29, 0.717) is 43.5 Å². The van der Waals surface area contributed by atoms with E-state index in [4.69, 9.17) is 0 Å². The first-order chi connectivity index (χ1) is 21.8. The first-order valence-electron chi connectivity index (χ1n) is 15.4. The first-order valence-corrected chi connectivity index (χ1v) is 16.8. The lowest BCUT2D eigenvalue weighted by Crippen LogP contribution is -2.48. The van der Waals surface area contributed by atoms with E-state index in [1.807, 2.05) is 48.0 Å². The summed E-state index contributed by atoms with van der Waals surface area (Å²) < 4.78 is 69.2. The standard InChI is InChI=1S/C34H37F3N4O4S/c1-3-24-20-41-21-33(12-13-33)46(44,45)40(2)29-17-25(16-27(24)31(29)41)32(43)39-28(15-22-8-5-4-6-9-22)30(42)19-38-18-23-10-7-11-26(14-23)34(35,36)37/h4-11,14,16-17,20,28,30,38,42H,3,12-13,15,18-19,21H2,1-2H3,(H,39,43)/t28-,30+/m0/s1. The topological polar surface area (TPSA) is 104 Å². The van der Waals surface area contributed by atoms with E-state index in [1.165, 1.54) is 17.4 Å². The van der Waals surface area contributed by atoms with Gasteiger partial charge in [0.15, 0.2) is 0 Å². The minimum absolute atomic E-state index is 0.00417. The fraction of sp³-hybridized carbons (Fsp3) is 0.382. The van der Waals surface area contributed by atoms with Crippen molar-refractivity contribution in [3.63, 3.8) is 0 Å². The molecule has 6 rings (SSSR count). The largest absolute Gasteiger partial charge is 0.416 e. The predicted molar refractivity (Wildman–Crippen MR) is 171 cm³/mol. The van der Waals surface area contributed by atoms with E-state index in [0.717, 1.165) is 34.2 Å². The molecule has 3 N–H and O–H groups in total. The van der Waals surface area contributed by atoms with Gasteiger partial charge >= 0.3 is 6.18 Å². The van der Waals surface area contributed by atoms with Crippen molar-refractivity contribution in [2.24, 2.45) is 0 Å². The zero-order valence-electron chi connectivity index (χ0n) is 25.6. The normalized spacial score (nSPS) is 17.9. The number of aromatic nitrogens is 1. The van der Waals surface area contributed by atoms with Crippen molar-refractivity contribution < 1.29 is 31.5 Å². The maximum Gasteiger partial charge on any atom is 0.416 e. The molecule has 1 spiro atoms. The lowest BCUT2D eigenvalue weighted by Gasteiger charge is -2.26. The molecule has 8 nitrogen and oxygen atoms in total. The summed E-state index contributed by atoms with van der Waals surface area (Å²) in [7, 11) is -2.12. The molecule has 0 bridgehead atoms. The highest BCUT2D eigenvalue weighted by Gasteiger charge is 2.58. The van der Waals surface area contributed by atoms with E-state index < -0.39 is 44.6 Å².